The van der Waals surface area contributed by atoms with Crippen LogP contribution in [-0.4, -0.2) is 22.5 Å². The van der Waals surface area contributed by atoms with Crippen LogP contribution in [0.1, 0.15) is 51.3 Å². The average Bonchev–Trinajstić information content (AvgIpc) is 3.08. The maximum atomic E-state index is 13.8. The van der Waals surface area contributed by atoms with Crippen LogP contribution in [0.4, 0.5) is 4.39 Å². The number of carbonyl (C=O) groups is 1. The van der Waals surface area contributed by atoms with Gasteiger partial charge in [0.2, 0.25) is 5.76 Å². The molecule has 0 aliphatic carbocycles. The molecule has 0 saturated heterocycles. The quantitative estimate of drug-likeness (QED) is 0.420. The van der Waals surface area contributed by atoms with Gasteiger partial charge >= 0.3 is 0 Å². The van der Waals surface area contributed by atoms with Crippen molar-refractivity contribution in [1.29, 1.82) is 0 Å². The highest BCUT2D eigenvalue weighted by Crippen LogP contribution is 2.41. The summed E-state index contributed by atoms with van der Waals surface area (Å²) in [5.74, 6) is -0.606. The van der Waals surface area contributed by atoms with Gasteiger partial charge in [0.05, 0.1) is 23.6 Å². The number of hydrogen-bond donors (Lipinski definition) is 1. The van der Waals surface area contributed by atoms with Crippen molar-refractivity contribution in [2.24, 2.45) is 0 Å². The van der Waals surface area contributed by atoms with Gasteiger partial charge in [-0.15, -0.1) is 0 Å². The summed E-state index contributed by atoms with van der Waals surface area (Å²) in [6.45, 7) is 6.01. The number of aryl methyl sites for hydroxylation is 2. The first-order chi connectivity index (χ1) is 16.8. The van der Waals surface area contributed by atoms with Crippen molar-refractivity contribution >= 4 is 16.9 Å². The molecule has 5 rings (SSSR count). The first kappa shape index (κ1) is 22.7. The van der Waals surface area contributed by atoms with Gasteiger partial charge in [-0.2, -0.15) is 0 Å². The highest BCUT2D eigenvalue weighted by Gasteiger charge is 2.43. The Labute approximate surface area is 201 Å². The van der Waals surface area contributed by atoms with Crippen LogP contribution in [0.25, 0.3) is 11.0 Å². The van der Waals surface area contributed by atoms with Crippen molar-refractivity contribution in [3.05, 3.63) is 104 Å². The van der Waals surface area contributed by atoms with E-state index in [1.165, 1.54) is 23.1 Å². The third-order valence-electron chi connectivity index (χ3n) is 6.28. The van der Waals surface area contributed by atoms with E-state index in [2.05, 4.69) is 0 Å². The lowest BCUT2D eigenvalue weighted by Gasteiger charge is -2.25. The number of halogens is 1. The molecule has 4 aromatic rings. The molecule has 7 heteroatoms. The highest BCUT2D eigenvalue weighted by molar-refractivity contribution is 5.99. The molecule has 3 aromatic carbocycles. The minimum absolute atomic E-state index is 0.00866. The molecular formula is C28H24FNO5. The number of amides is 1. The van der Waals surface area contributed by atoms with Gasteiger partial charge in [0.15, 0.2) is 16.9 Å². The molecule has 1 aliphatic heterocycles. The van der Waals surface area contributed by atoms with Gasteiger partial charge in [0.1, 0.15) is 11.4 Å². The van der Waals surface area contributed by atoms with Crippen molar-refractivity contribution in [1.82, 2.24) is 4.90 Å². The predicted molar refractivity (Wildman–Crippen MR) is 129 cm³/mol. The molecule has 6 nitrogen and oxygen atoms in total. The lowest BCUT2D eigenvalue weighted by atomic mass is 9.96. The maximum Gasteiger partial charge on any atom is 0.291 e. The third-order valence-corrected chi connectivity index (χ3v) is 6.28. The number of aromatic hydroxyl groups is 1. The molecule has 2 heterocycles. The number of carbonyl (C=O) groups excluding carboxylic acids is 1. The zero-order chi connectivity index (χ0) is 24.9. The van der Waals surface area contributed by atoms with E-state index in [0.29, 0.717) is 28.7 Å². The number of fused-ring (bicyclic) bond motifs is 2. The van der Waals surface area contributed by atoms with Crippen molar-refractivity contribution in [3.8, 4) is 11.5 Å². The second-order valence-electron chi connectivity index (χ2n) is 8.75. The van der Waals surface area contributed by atoms with E-state index in [1.54, 1.807) is 37.3 Å². The Hall–Kier alpha value is -4.13. The van der Waals surface area contributed by atoms with Crippen molar-refractivity contribution < 1.29 is 23.4 Å². The Morgan fingerprint density at radius 3 is 2.51 bits per heavy atom. The lowest BCUT2D eigenvalue weighted by molar-refractivity contribution is 0.0714. The molecule has 35 heavy (non-hydrogen) atoms. The molecule has 1 aromatic heterocycles. The highest BCUT2D eigenvalue weighted by atomic mass is 19.1. The number of hydrogen-bond acceptors (Lipinski definition) is 5. The lowest BCUT2D eigenvalue weighted by Crippen LogP contribution is -2.29. The van der Waals surface area contributed by atoms with Crippen LogP contribution in [-0.2, 0) is 6.54 Å². The summed E-state index contributed by atoms with van der Waals surface area (Å²) in [4.78, 5) is 29.0. The third kappa shape index (κ3) is 3.83. The molecule has 0 bridgehead atoms. The molecule has 1 N–H and O–H groups in total. The van der Waals surface area contributed by atoms with E-state index >= 15 is 0 Å². The number of phenolic OH excluding ortho intramolecular Hbond substituents is 1. The Morgan fingerprint density at radius 2 is 1.80 bits per heavy atom. The smallest absolute Gasteiger partial charge is 0.291 e. The van der Waals surface area contributed by atoms with E-state index in [9.17, 15) is 19.1 Å². The monoisotopic (exact) mass is 473 g/mol. The molecule has 0 radical (unpaired) electrons. The van der Waals surface area contributed by atoms with Gasteiger partial charge in [0.25, 0.3) is 5.91 Å². The first-order valence-corrected chi connectivity index (χ1v) is 11.4. The molecule has 0 fully saturated rings. The molecule has 1 aliphatic rings. The van der Waals surface area contributed by atoms with Crippen LogP contribution in [0.5, 0.6) is 11.5 Å². The first-order valence-electron chi connectivity index (χ1n) is 11.4. The van der Waals surface area contributed by atoms with Crippen LogP contribution in [0, 0.1) is 19.7 Å². The van der Waals surface area contributed by atoms with Crippen LogP contribution < -0.4 is 10.2 Å². The van der Waals surface area contributed by atoms with Crippen LogP contribution in [0.2, 0.25) is 0 Å². The summed E-state index contributed by atoms with van der Waals surface area (Å²) < 4.78 is 25.1. The Kier molecular flexibility index (Phi) is 5.55. The summed E-state index contributed by atoms with van der Waals surface area (Å²) in [5, 5.41) is 10.7. The Bertz CT molecular complexity index is 1520. The van der Waals surface area contributed by atoms with Crippen molar-refractivity contribution in [2.45, 2.75) is 33.4 Å². The van der Waals surface area contributed by atoms with E-state index < -0.39 is 11.9 Å². The fraction of sp³-hybridized carbons (Fsp3) is 0.214. The van der Waals surface area contributed by atoms with Gasteiger partial charge in [-0.1, -0.05) is 24.3 Å². The molecule has 1 unspecified atom stereocenters. The van der Waals surface area contributed by atoms with Gasteiger partial charge in [-0.3, -0.25) is 9.59 Å². The van der Waals surface area contributed by atoms with Crippen molar-refractivity contribution in [3.63, 3.8) is 0 Å². The van der Waals surface area contributed by atoms with E-state index in [-0.39, 0.29) is 40.6 Å². The summed E-state index contributed by atoms with van der Waals surface area (Å²) in [6, 6.07) is 13.5. The number of phenols is 1. The topological polar surface area (TPSA) is 80.0 Å². The van der Waals surface area contributed by atoms with E-state index in [4.69, 9.17) is 9.15 Å². The summed E-state index contributed by atoms with van der Waals surface area (Å²) in [7, 11) is 0. The molecular weight excluding hydrogens is 449 g/mol. The number of benzene rings is 3. The van der Waals surface area contributed by atoms with E-state index in [1.807, 2.05) is 19.9 Å². The maximum absolute atomic E-state index is 13.8. The van der Waals surface area contributed by atoms with Gasteiger partial charge in [-0.25, -0.2) is 4.39 Å². The van der Waals surface area contributed by atoms with E-state index in [0.717, 1.165) is 11.1 Å². The Balaban J connectivity index is 1.74. The fourth-order valence-electron chi connectivity index (χ4n) is 4.78. The molecule has 0 saturated carbocycles. The summed E-state index contributed by atoms with van der Waals surface area (Å²) in [5.41, 5.74) is 3.31. The molecule has 0 spiro atoms. The average molecular weight is 474 g/mol. The Morgan fingerprint density at radius 1 is 1.06 bits per heavy atom. The van der Waals surface area contributed by atoms with Crippen molar-refractivity contribution in [2.75, 3.05) is 6.61 Å². The molecule has 178 valence electrons. The minimum atomic E-state index is -0.774. The minimum Gasteiger partial charge on any atom is -0.504 e. The zero-order valence-electron chi connectivity index (χ0n) is 19.6. The predicted octanol–water partition coefficient (Wildman–Crippen LogP) is 5.40. The standard InChI is InChI=1S/C28H24FNO5/c1-4-34-21-13-18(7-10-20(21)31)25-24-26(32)23-16(3)11-15(2)12-22(23)35-27(24)28(33)30(25)14-17-5-8-19(29)9-6-17/h5-13,25,31H,4,14H2,1-3H3. The number of ether oxygens (including phenoxy) is 1. The summed E-state index contributed by atoms with van der Waals surface area (Å²) >= 11 is 0. The second-order valence-corrected chi connectivity index (χ2v) is 8.75. The molecule has 1 atom stereocenters. The molecule has 1 amide bonds. The largest absolute Gasteiger partial charge is 0.504 e. The fourth-order valence-corrected chi connectivity index (χ4v) is 4.78. The van der Waals surface area contributed by atoms with Crippen LogP contribution in [0.15, 0.2) is 63.8 Å². The number of nitrogens with zero attached hydrogens (tertiary/aromatic N) is 1. The van der Waals surface area contributed by atoms with Crippen LogP contribution >= 0.6 is 0 Å². The normalized spacial score (nSPS) is 15.0. The van der Waals surface area contributed by atoms with Gasteiger partial charge in [0, 0.05) is 6.54 Å². The zero-order valence-corrected chi connectivity index (χ0v) is 19.6. The van der Waals surface area contributed by atoms with Gasteiger partial charge < -0.3 is 19.2 Å². The summed E-state index contributed by atoms with van der Waals surface area (Å²) in [6.07, 6.45) is 0. The van der Waals surface area contributed by atoms with Gasteiger partial charge in [-0.05, 0) is 73.4 Å². The number of rotatable bonds is 5. The second kappa shape index (κ2) is 8.58. The van der Waals surface area contributed by atoms with Crippen LogP contribution in [0.3, 0.4) is 0 Å². The SMILES string of the molecule is CCOc1cc(C2c3c(oc4cc(C)cc(C)c4c3=O)C(=O)N2Cc2ccc(F)cc2)ccc1O.